The molecule has 2 aliphatic rings. The molecule has 1 amide bonds. The molecule has 0 saturated carbocycles. The third-order valence-electron chi connectivity index (χ3n) is 6.24. The molecular formula is C23H26N6O3S2. The summed E-state index contributed by atoms with van der Waals surface area (Å²) in [6.45, 7) is 1.58. The number of hydrogen-bond donors (Lipinski definition) is 2. The first kappa shape index (κ1) is 22.6. The van der Waals surface area contributed by atoms with E-state index in [4.69, 9.17) is 10.7 Å². The number of nitrogens with zero attached hydrogens (tertiary/aromatic N) is 5. The lowest BCUT2D eigenvalue weighted by Crippen LogP contribution is -2.40. The lowest BCUT2D eigenvalue weighted by molar-refractivity contribution is -0.133. The summed E-state index contributed by atoms with van der Waals surface area (Å²) in [6.07, 6.45) is 6.78. The molecule has 5 rings (SSSR count). The number of allylic oxidation sites excluding steroid dienone is 4. The van der Waals surface area contributed by atoms with Gasteiger partial charge in [0, 0.05) is 44.9 Å². The monoisotopic (exact) mass is 498 g/mol. The van der Waals surface area contributed by atoms with Crippen LogP contribution >= 0.6 is 22.7 Å². The lowest BCUT2D eigenvalue weighted by atomic mass is 9.96. The number of amides is 1. The zero-order valence-electron chi connectivity index (χ0n) is 19.0. The average molecular weight is 499 g/mol. The molecule has 0 bridgehead atoms. The van der Waals surface area contributed by atoms with E-state index in [1.54, 1.807) is 30.3 Å². The molecule has 178 valence electrons. The molecule has 11 heteroatoms. The van der Waals surface area contributed by atoms with Gasteiger partial charge in [0.25, 0.3) is 5.91 Å². The molecule has 0 aromatic carbocycles. The summed E-state index contributed by atoms with van der Waals surface area (Å²) in [5, 5.41) is 15.6. The molecular weight excluding hydrogens is 472 g/mol. The first-order chi connectivity index (χ1) is 16.3. The van der Waals surface area contributed by atoms with Crippen LogP contribution in [-0.4, -0.2) is 63.8 Å². The summed E-state index contributed by atoms with van der Waals surface area (Å²) in [5.74, 6) is -0.312. The summed E-state index contributed by atoms with van der Waals surface area (Å²) in [4.78, 5) is 35.2. The molecule has 0 radical (unpaired) electrons. The van der Waals surface area contributed by atoms with E-state index in [2.05, 4.69) is 10.00 Å². The second-order valence-corrected chi connectivity index (χ2v) is 10.8. The summed E-state index contributed by atoms with van der Waals surface area (Å²) in [5.41, 5.74) is 8.13. The van der Waals surface area contributed by atoms with E-state index in [1.807, 2.05) is 18.2 Å². The number of carbonyl (C=O) groups excluding carboxylic acids is 2. The van der Waals surface area contributed by atoms with Gasteiger partial charge >= 0.3 is 0 Å². The normalized spacial score (nSPS) is 17.1. The van der Waals surface area contributed by atoms with E-state index in [-0.39, 0.29) is 23.6 Å². The number of piperidine rings is 1. The summed E-state index contributed by atoms with van der Waals surface area (Å²) >= 11 is 2.84. The number of nitrogens with two attached hydrogens (primary N) is 1. The number of fused-ring (bicyclic) bond motifs is 1. The molecule has 1 fully saturated rings. The SMILES string of the molecule is CN(C)C(=O)C1CCN(c2nc3sc(C(=O)n4nc(C5=CC=C(N)CC5)cc4O)cc3s2)CC1. The van der Waals surface area contributed by atoms with Gasteiger partial charge in [-0.2, -0.15) is 9.78 Å². The van der Waals surface area contributed by atoms with Gasteiger partial charge in [-0.1, -0.05) is 17.4 Å². The number of thiazole rings is 1. The van der Waals surface area contributed by atoms with Crippen molar-refractivity contribution in [2.24, 2.45) is 11.7 Å². The fourth-order valence-electron chi connectivity index (χ4n) is 4.30. The van der Waals surface area contributed by atoms with Crippen LogP contribution < -0.4 is 10.6 Å². The van der Waals surface area contributed by atoms with Gasteiger partial charge in [-0.25, -0.2) is 4.98 Å². The molecule has 9 nitrogen and oxygen atoms in total. The predicted octanol–water partition coefficient (Wildman–Crippen LogP) is 3.27. The standard InChI is InChI=1S/C23H26N6O3S2/c1-27(2)21(31)14-7-9-28(10-8-14)23-25-20-17(34-23)12-18(33-20)22(32)29-19(30)11-16(26-29)13-3-5-15(24)6-4-13/h3,5,11-12,14,30H,4,6-10,24H2,1-2H3. The van der Waals surface area contributed by atoms with Gasteiger partial charge in [0.1, 0.15) is 4.83 Å². The molecule has 1 saturated heterocycles. The van der Waals surface area contributed by atoms with Crippen LogP contribution in [0.3, 0.4) is 0 Å². The second-order valence-electron chi connectivity index (χ2n) is 8.81. The average Bonchev–Trinajstić information content (AvgIpc) is 3.52. The van der Waals surface area contributed by atoms with Crippen molar-refractivity contribution in [3.8, 4) is 5.88 Å². The zero-order valence-corrected chi connectivity index (χ0v) is 20.7. The molecule has 0 unspecified atom stereocenters. The van der Waals surface area contributed by atoms with Gasteiger partial charge in [-0.3, -0.25) is 9.59 Å². The van der Waals surface area contributed by atoms with Crippen molar-refractivity contribution >= 4 is 54.7 Å². The fraction of sp³-hybridized carbons (Fsp3) is 0.391. The first-order valence-corrected chi connectivity index (χ1v) is 12.8. The number of rotatable bonds is 4. The molecule has 3 aromatic rings. The summed E-state index contributed by atoms with van der Waals surface area (Å²) in [7, 11) is 3.60. The highest BCUT2D eigenvalue weighted by molar-refractivity contribution is 7.29. The maximum Gasteiger partial charge on any atom is 0.291 e. The number of hydrogen-bond acceptors (Lipinski definition) is 9. The number of thiophene rings is 1. The largest absolute Gasteiger partial charge is 0.493 e. The highest BCUT2D eigenvalue weighted by Crippen LogP contribution is 2.37. The van der Waals surface area contributed by atoms with Crippen LogP contribution in [0.5, 0.6) is 5.88 Å². The van der Waals surface area contributed by atoms with Gasteiger partial charge in [-0.15, -0.1) is 11.3 Å². The van der Waals surface area contributed by atoms with Crippen molar-refractivity contribution in [2.45, 2.75) is 25.7 Å². The zero-order chi connectivity index (χ0) is 24.0. The Bertz CT molecular complexity index is 1290. The third-order valence-corrected chi connectivity index (χ3v) is 8.45. The molecule has 34 heavy (non-hydrogen) atoms. The van der Waals surface area contributed by atoms with Crippen LogP contribution in [0.25, 0.3) is 15.1 Å². The molecule has 4 heterocycles. The topological polar surface area (TPSA) is 118 Å². The number of carbonyl (C=O) groups is 2. The Morgan fingerprint density at radius 1 is 1.15 bits per heavy atom. The molecule has 1 aliphatic heterocycles. The Morgan fingerprint density at radius 3 is 2.56 bits per heavy atom. The van der Waals surface area contributed by atoms with Crippen LogP contribution in [0.2, 0.25) is 0 Å². The Kier molecular flexibility index (Phi) is 5.90. The van der Waals surface area contributed by atoms with Crippen molar-refractivity contribution in [1.82, 2.24) is 19.7 Å². The first-order valence-electron chi connectivity index (χ1n) is 11.2. The fourth-order valence-corrected chi connectivity index (χ4v) is 6.48. The quantitative estimate of drug-likeness (QED) is 0.567. The number of aromatic hydroxyl groups is 1. The van der Waals surface area contributed by atoms with Gasteiger partial charge < -0.3 is 20.6 Å². The van der Waals surface area contributed by atoms with Crippen molar-refractivity contribution in [2.75, 3.05) is 32.1 Å². The van der Waals surface area contributed by atoms with Crippen LogP contribution in [0.1, 0.15) is 41.0 Å². The maximum absolute atomic E-state index is 13.1. The van der Waals surface area contributed by atoms with E-state index in [0.717, 1.165) is 69.4 Å². The van der Waals surface area contributed by atoms with Crippen molar-refractivity contribution in [3.63, 3.8) is 0 Å². The molecule has 0 spiro atoms. The number of aromatic nitrogens is 3. The minimum absolute atomic E-state index is 0.0703. The molecule has 1 aliphatic carbocycles. The highest BCUT2D eigenvalue weighted by Gasteiger charge is 2.28. The van der Waals surface area contributed by atoms with Crippen LogP contribution in [0.15, 0.2) is 30.0 Å². The van der Waals surface area contributed by atoms with Crippen LogP contribution in [-0.2, 0) is 4.79 Å². The lowest BCUT2D eigenvalue weighted by Gasteiger charge is -2.32. The Balaban J connectivity index is 1.30. The van der Waals surface area contributed by atoms with Gasteiger partial charge in [0.05, 0.1) is 15.3 Å². The Morgan fingerprint density at radius 2 is 1.91 bits per heavy atom. The third kappa shape index (κ3) is 4.21. The Labute approximate surface area is 204 Å². The van der Waals surface area contributed by atoms with E-state index in [1.165, 1.54) is 17.4 Å². The van der Waals surface area contributed by atoms with Crippen molar-refractivity contribution in [1.29, 1.82) is 0 Å². The molecule has 3 N–H and O–H groups in total. The second kappa shape index (κ2) is 8.88. The Hall–Kier alpha value is -3.18. The van der Waals surface area contributed by atoms with Crippen LogP contribution in [0.4, 0.5) is 5.13 Å². The van der Waals surface area contributed by atoms with Crippen molar-refractivity contribution in [3.05, 3.63) is 40.6 Å². The summed E-state index contributed by atoms with van der Waals surface area (Å²) < 4.78 is 1.97. The van der Waals surface area contributed by atoms with E-state index < -0.39 is 0 Å². The van der Waals surface area contributed by atoms with Gasteiger partial charge in [0.2, 0.25) is 11.8 Å². The smallest absolute Gasteiger partial charge is 0.291 e. The minimum Gasteiger partial charge on any atom is -0.493 e. The van der Waals surface area contributed by atoms with E-state index in [0.29, 0.717) is 10.6 Å². The number of anilines is 1. The van der Waals surface area contributed by atoms with E-state index >= 15 is 0 Å². The van der Waals surface area contributed by atoms with Crippen LogP contribution in [0, 0.1) is 5.92 Å². The highest BCUT2D eigenvalue weighted by atomic mass is 32.1. The van der Waals surface area contributed by atoms with Gasteiger partial charge in [0.15, 0.2) is 5.13 Å². The predicted molar refractivity (Wildman–Crippen MR) is 134 cm³/mol. The molecule has 0 atom stereocenters. The maximum atomic E-state index is 13.1. The van der Waals surface area contributed by atoms with Gasteiger partial charge in [-0.05, 0) is 43.4 Å². The van der Waals surface area contributed by atoms with Crippen molar-refractivity contribution < 1.29 is 14.7 Å². The summed E-state index contributed by atoms with van der Waals surface area (Å²) in [6, 6.07) is 3.33. The minimum atomic E-state index is -0.380. The molecule has 3 aromatic heterocycles. The van der Waals surface area contributed by atoms with E-state index in [9.17, 15) is 14.7 Å².